The molecule has 0 bridgehead atoms. The van der Waals surface area contributed by atoms with Crippen LogP contribution in [0.5, 0.6) is 0 Å². The summed E-state index contributed by atoms with van der Waals surface area (Å²) >= 11 is 0. The van der Waals surface area contributed by atoms with Gasteiger partial charge in [-0.1, -0.05) is 0 Å². The first-order chi connectivity index (χ1) is 17.1. The molecule has 0 radical (unpaired) electrons. The van der Waals surface area contributed by atoms with Gasteiger partial charge in [-0.2, -0.15) is 13.2 Å². The monoisotopic (exact) mass is 500 g/mol. The Hall–Kier alpha value is -3.24. The zero-order chi connectivity index (χ0) is 25.6. The van der Waals surface area contributed by atoms with E-state index in [-0.39, 0.29) is 24.6 Å². The third-order valence-electron chi connectivity index (χ3n) is 7.10. The van der Waals surface area contributed by atoms with Gasteiger partial charge in [-0.15, -0.1) is 0 Å². The maximum atomic E-state index is 13.8. The van der Waals surface area contributed by atoms with Crippen molar-refractivity contribution in [2.75, 3.05) is 5.73 Å². The molecule has 7 nitrogen and oxygen atoms in total. The molecule has 1 aliphatic heterocycles. The highest BCUT2D eigenvalue weighted by atomic mass is 19.4. The number of nitrogens with zero attached hydrogens (tertiary/aromatic N) is 3. The first-order valence-electron chi connectivity index (χ1n) is 12.0. The first kappa shape index (κ1) is 24.5. The van der Waals surface area contributed by atoms with Crippen molar-refractivity contribution in [1.29, 1.82) is 0 Å². The van der Waals surface area contributed by atoms with E-state index in [1.54, 1.807) is 23.1 Å². The second-order valence-electron chi connectivity index (χ2n) is 9.52. The molecule has 1 fully saturated rings. The number of amides is 1. The molecule has 3 aromatic rings. The molecule has 5 rings (SSSR count). The van der Waals surface area contributed by atoms with Crippen molar-refractivity contribution >= 4 is 22.6 Å². The molecule has 1 aromatic carbocycles. The van der Waals surface area contributed by atoms with Crippen LogP contribution in [0.15, 0.2) is 36.5 Å². The molecule has 0 unspecified atom stereocenters. The molecule has 3 atom stereocenters. The number of fused-ring (bicyclic) bond motifs is 3. The first-order valence-corrected chi connectivity index (χ1v) is 12.0. The summed E-state index contributed by atoms with van der Waals surface area (Å²) in [6, 6.07) is 7.19. The fourth-order valence-electron chi connectivity index (χ4n) is 5.21. The number of pyridine rings is 2. The molecule has 0 spiro atoms. The second kappa shape index (κ2) is 9.33. The number of alkyl halides is 3. The Balaban J connectivity index is 1.50. The van der Waals surface area contributed by atoms with Gasteiger partial charge in [0.1, 0.15) is 5.82 Å². The van der Waals surface area contributed by atoms with E-state index in [0.717, 1.165) is 35.2 Å². The van der Waals surface area contributed by atoms with Crippen LogP contribution in [0.2, 0.25) is 0 Å². The van der Waals surface area contributed by atoms with E-state index in [1.807, 2.05) is 6.92 Å². The molecular formula is C26H27F3N4O3. The van der Waals surface area contributed by atoms with Crippen LogP contribution in [-0.4, -0.2) is 38.0 Å². The van der Waals surface area contributed by atoms with Crippen molar-refractivity contribution in [2.45, 2.75) is 70.2 Å². The molecule has 1 aliphatic carbocycles. The van der Waals surface area contributed by atoms with Gasteiger partial charge in [-0.3, -0.25) is 9.78 Å². The van der Waals surface area contributed by atoms with Crippen LogP contribution in [0.1, 0.15) is 71.5 Å². The largest absolute Gasteiger partial charge is 0.417 e. The third kappa shape index (κ3) is 4.62. The van der Waals surface area contributed by atoms with Crippen molar-refractivity contribution < 1.29 is 27.8 Å². The normalized spacial score (nSPS) is 22.0. The number of benzene rings is 1. The van der Waals surface area contributed by atoms with Crippen LogP contribution in [0, 0.1) is 0 Å². The van der Waals surface area contributed by atoms with E-state index in [9.17, 15) is 23.1 Å². The standard InChI is InChI=1S/C26H27F3N4O3/c1-14-23-21(13-36-14)20-9-15(5-8-22(20)32-24(23)30)25(35)33(18-3-2-4-19(34)10-18)12-17-7-6-16(11-31-17)26(27,28)29/h5-9,11,14,18-19,34H,2-4,10,12-13H2,1H3,(H2,30,32)/t14-,18+,19+/m1/s1. The number of anilines is 1. The summed E-state index contributed by atoms with van der Waals surface area (Å²) in [7, 11) is 0. The number of carbonyl (C=O) groups excluding carboxylic acids is 1. The lowest BCUT2D eigenvalue weighted by Gasteiger charge is -2.36. The molecule has 190 valence electrons. The minimum absolute atomic E-state index is 0.0324. The number of carbonyl (C=O) groups is 1. The Morgan fingerprint density at radius 3 is 2.75 bits per heavy atom. The highest BCUT2D eigenvalue weighted by Gasteiger charge is 2.33. The highest BCUT2D eigenvalue weighted by molar-refractivity contribution is 5.99. The Morgan fingerprint density at radius 1 is 1.25 bits per heavy atom. The van der Waals surface area contributed by atoms with Crippen molar-refractivity contribution in [3.63, 3.8) is 0 Å². The molecular weight excluding hydrogens is 473 g/mol. The molecule has 2 aromatic heterocycles. The average Bonchev–Trinajstić information content (AvgIpc) is 3.24. The molecule has 0 saturated heterocycles. The summed E-state index contributed by atoms with van der Waals surface area (Å²) < 4.78 is 44.7. The average molecular weight is 501 g/mol. The molecule has 36 heavy (non-hydrogen) atoms. The van der Waals surface area contributed by atoms with Crippen molar-refractivity contribution in [1.82, 2.24) is 14.9 Å². The van der Waals surface area contributed by atoms with Gasteiger partial charge in [0.2, 0.25) is 0 Å². The number of nitrogen functional groups attached to an aromatic ring is 1. The van der Waals surface area contributed by atoms with Crippen molar-refractivity contribution in [3.05, 3.63) is 64.5 Å². The van der Waals surface area contributed by atoms with E-state index >= 15 is 0 Å². The van der Waals surface area contributed by atoms with Crippen molar-refractivity contribution in [3.8, 4) is 0 Å². The number of ether oxygens (including phenoxy) is 1. The summed E-state index contributed by atoms with van der Waals surface area (Å²) in [5, 5.41) is 11.0. The van der Waals surface area contributed by atoms with Gasteiger partial charge in [-0.25, -0.2) is 4.98 Å². The predicted octanol–water partition coefficient (Wildman–Crippen LogP) is 4.77. The van der Waals surface area contributed by atoms with E-state index in [4.69, 9.17) is 10.5 Å². The number of halogens is 3. The SMILES string of the molecule is C[C@H]1OCc2c1c(N)nc1ccc(C(=O)N(Cc3ccc(C(F)(F)F)cn3)[C@H]3CCC[C@H](O)C3)cc21. The summed E-state index contributed by atoms with van der Waals surface area (Å²) in [4.78, 5) is 23.9. The number of hydrogen-bond donors (Lipinski definition) is 2. The Bertz CT molecular complexity index is 1300. The van der Waals surface area contributed by atoms with Crippen LogP contribution in [0.4, 0.5) is 19.0 Å². The smallest absolute Gasteiger partial charge is 0.393 e. The number of aliphatic hydroxyl groups is 1. The van der Waals surface area contributed by atoms with Crippen LogP contribution in [0.25, 0.3) is 10.9 Å². The van der Waals surface area contributed by atoms with E-state index < -0.39 is 17.8 Å². The minimum Gasteiger partial charge on any atom is -0.393 e. The van der Waals surface area contributed by atoms with E-state index in [2.05, 4.69) is 9.97 Å². The summed E-state index contributed by atoms with van der Waals surface area (Å²) in [6.45, 7) is 2.30. The topological polar surface area (TPSA) is 102 Å². The van der Waals surface area contributed by atoms with Gasteiger partial charge >= 0.3 is 6.18 Å². The maximum absolute atomic E-state index is 13.8. The Kier molecular flexibility index (Phi) is 6.34. The van der Waals surface area contributed by atoms with Gasteiger partial charge in [-0.05, 0) is 68.5 Å². The molecule has 2 aliphatic rings. The van der Waals surface area contributed by atoms with Crippen LogP contribution in [0.3, 0.4) is 0 Å². The summed E-state index contributed by atoms with van der Waals surface area (Å²) in [6.07, 6.45) is -1.94. The minimum atomic E-state index is -4.49. The number of rotatable bonds is 4. The quantitative estimate of drug-likeness (QED) is 0.535. The molecule has 10 heteroatoms. The van der Waals surface area contributed by atoms with Crippen molar-refractivity contribution in [2.24, 2.45) is 0 Å². The Morgan fingerprint density at radius 2 is 2.06 bits per heavy atom. The number of nitrogens with two attached hydrogens (primary N) is 1. The van der Waals surface area contributed by atoms with Gasteiger partial charge < -0.3 is 20.5 Å². The molecule has 3 N–H and O–H groups in total. The molecule has 3 heterocycles. The number of aromatic nitrogens is 2. The van der Waals surface area contributed by atoms with Crippen LogP contribution < -0.4 is 5.73 Å². The van der Waals surface area contributed by atoms with Gasteiger partial charge in [0.15, 0.2) is 0 Å². The highest BCUT2D eigenvalue weighted by Crippen LogP contribution is 2.38. The molecule has 1 amide bonds. The lowest BCUT2D eigenvalue weighted by molar-refractivity contribution is -0.137. The zero-order valence-electron chi connectivity index (χ0n) is 19.8. The maximum Gasteiger partial charge on any atom is 0.417 e. The fourth-order valence-corrected chi connectivity index (χ4v) is 5.21. The van der Waals surface area contributed by atoms with Crippen LogP contribution >= 0.6 is 0 Å². The second-order valence-corrected chi connectivity index (χ2v) is 9.52. The third-order valence-corrected chi connectivity index (χ3v) is 7.10. The predicted molar refractivity (Wildman–Crippen MR) is 127 cm³/mol. The van der Waals surface area contributed by atoms with Gasteiger partial charge in [0.25, 0.3) is 5.91 Å². The summed E-state index contributed by atoms with van der Waals surface area (Å²) in [5.41, 5.74) is 8.45. The lowest BCUT2D eigenvalue weighted by Crippen LogP contribution is -2.43. The number of hydrogen-bond acceptors (Lipinski definition) is 6. The fraction of sp³-hybridized carbons (Fsp3) is 0.423. The van der Waals surface area contributed by atoms with E-state index in [0.29, 0.717) is 48.5 Å². The van der Waals surface area contributed by atoms with Gasteiger partial charge in [0.05, 0.1) is 42.1 Å². The Labute approximate surface area is 206 Å². The van der Waals surface area contributed by atoms with Crippen LogP contribution in [-0.2, 0) is 24.1 Å². The summed E-state index contributed by atoms with van der Waals surface area (Å²) in [5.74, 6) is 0.128. The lowest BCUT2D eigenvalue weighted by atomic mass is 9.91. The zero-order valence-corrected chi connectivity index (χ0v) is 19.8. The van der Waals surface area contributed by atoms with Gasteiger partial charge in [0, 0.05) is 28.8 Å². The number of aliphatic hydroxyl groups excluding tert-OH is 1. The molecule has 1 saturated carbocycles. The van der Waals surface area contributed by atoms with E-state index in [1.165, 1.54) is 6.07 Å².